The summed E-state index contributed by atoms with van der Waals surface area (Å²) in [5, 5.41) is 11.6. The van der Waals surface area contributed by atoms with Crippen LogP contribution in [0.1, 0.15) is 27.7 Å². The zero-order valence-electron chi connectivity index (χ0n) is 7.67. The van der Waals surface area contributed by atoms with E-state index in [1.807, 2.05) is 13.8 Å². The minimum absolute atomic E-state index is 0.0928. The molecule has 0 aliphatic carbocycles. The third-order valence-corrected chi connectivity index (χ3v) is 4.73. The number of alkyl halides is 1. The van der Waals surface area contributed by atoms with Crippen LogP contribution in [0.3, 0.4) is 0 Å². The molecule has 1 heterocycles. The Bertz CT molecular complexity index is 229. The molecular formula is C7H13BrN2O2. The molecule has 0 aromatic carbocycles. The standard InChI is InChI=1S/C7H13BrN2O2/c1-5(2)7(8)6(3,4)9(11)10(7)12/h5H,1-4H3. The highest BCUT2D eigenvalue weighted by molar-refractivity contribution is 9.10. The zero-order chi connectivity index (χ0) is 9.73. The van der Waals surface area contributed by atoms with E-state index in [1.54, 1.807) is 13.8 Å². The van der Waals surface area contributed by atoms with E-state index in [2.05, 4.69) is 15.9 Å². The van der Waals surface area contributed by atoms with Gasteiger partial charge in [0.2, 0.25) is 0 Å². The van der Waals surface area contributed by atoms with Crippen molar-refractivity contribution in [1.29, 1.82) is 0 Å². The van der Waals surface area contributed by atoms with Crippen LogP contribution in [0.15, 0.2) is 0 Å². The molecule has 0 N–H and O–H groups in total. The second kappa shape index (κ2) is 2.42. The summed E-state index contributed by atoms with van der Waals surface area (Å²) < 4.78 is -0.748. The molecule has 0 spiro atoms. The first-order valence-electron chi connectivity index (χ1n) is 3.89. The molecule has 1 atom stereocenters. The largest absolute Gasteiger partial charge is 0.703 e. The normalized spacial score (nSPS) is 33.9. The summed E-state index contributed by atoms with van der Waals surface area (Å²) in [6.45, 7) is 7.33. The lowest BCUT2D eigenvalue weighted by Crippen LogP contribution is -2.77. The maximum atomic E-state index is 11.2. The molecule has 1 unspecified atom stereocenters. The first-order chi connectivity index (χ1) is 5.26. The van der Waals surface area contributed by atoms with Crippen LogP contribution in [0.2, 0.25) is 0 Å². The van der Waals surface area contributed by atoms with Gasteiger partial charge in [0, 0.05) is 21.8 Å². The maximum absolute atomic E-state index is 11.2. The fourth-order valence-electron chi connectivity index (χ4n) is 1.61. The topological polar surface area (TPSA) is 46.4 Å². The summed E-state index contributed by atoms with van der Waals surface area (Å²) in [6.07, 6.45) is 0. The molecule has 0 radical (unpaired) electrons. The molecule has 1 fully saturated rings. The average molecular weight is 237 g/mol. The molecule has 0 amide bonds. The summed E-state index contributed by atoms with van der Waals surface area (Å²) >= 11 is 3.33. The van der Waals surface area contributed by atoms with Crippen LogP contribution in [0.25, 0.3) is 0 Å². The van der Waals surface area contributed by atoms with E-state index >= 15 is 0 Å². The highest BCUT2D eigenvalue weighted by Crippen LogP contribution is 2.50. The molecule has 1 rings (SSSR count). The molecule has 1 aliphatic heterocycles. The second-order valence-corrected chi connectivity index (χ2v) is 5.14. The van der Waals surface area contributed by atoms with E-state index in [4.69, 9.17) is 0 Å². The van der Waals surface area contributed by atoms with Gasteiger partial charge in [-0.2, -0.15) is 5.17 Å². The summed E-state index contributed by atoms with van der Waals surface area (Å²) in [4.78, 5) is 11.7. The number of halogens is 1. The van der Waals surface area contributed by atoms with E-state index < -0.39 is 9.99 Å². The van der Waals surface area contributed by atoms with Gasteiger partial charge in [-0.1, -0.05) is 13.8 Å². The Morgan fingerprint density at radius 2 is 1.92 bits per heavy atom. The van der Waals surface area contributed by atoms with Crippen molar-refractivity contribution in [3.05, 3.63) is 10.1 Å². The van der Waals surface area contributed by atoms with Crippen molar-refractivity contribution >= 4 is 15.9 Å². The summed E-state index contributed by atoms with van der Waals surface area (Å²) in [5.74, 6) is 0.0928. The molecule has 12 heavy (non-hydrogen) atoms. The first kappa shape index (κ1) is 9.92. The summed E-state index contributed by atoms with van der Waals surface area (Å²) in [7, 11) is 0. The lowest BCUT2D eigenvalue weighted by Gasteiger charge is -2.54. The molecule has 0 aromatic rings. The van der Waals surface area contributed by atoms with E-state index in [1.165, 1.54) is 0 Å². The van der Waals surface area contributed by atoms with Gasteiger partial charge in [0.15, 0.2) is 5.54 Å². The summed E-state index contributed by atoms with van der Waals surface area (Å²) in [5.41, 5.74) is -0.664. The van der Waals surface area contributed by atoms with Crippen LogP contribution in [-0.2, 0) is 0 Å². The number of hydrogen-bond acceptors (Lipinski definition) is 2. The number of nitroso groups, excluding NO2 is 1. The van der Waals surface area contributed by atoms with Crippen LogP contribution in [0.4, 0.5) is 0 Å². The van der Waals surface area contributed by atoms with Gasteiger partial charge >= 0.3 is 4.45 Å². The number of hydrogen-bond donors (Lipinski definition) is 0. The third-order valence-electron chi connectivity index (χ3n) is 2.54. The van der Waals surface area contributed by atoms with Crippen LogP contribution in [0, 0.1) is 16.0 Å². The maximum Gasteiger partial charge on any atom is 0.323 e. The van der Waals surface area contributed by atoms with Crippen molar-refractivity contribution in [3.8, 4) is 0 Å². The number of rotatable bonds is 1. The molecule has 70 valence electrons. The van der Waals surface area contributed by atoms with Gasteiger partial charge < -0.3 is 5.21 Å². The van der Waals surface area contributed by atoms with E-state index in [0.29, 0.717) is 10.0 Å². The van der Waals surface area contributed by atoms with Gasteiger partial charge in [-0.3, -0.25) is 0 Å². The van der Waals surface area contributed by atoms with Crippen LogP contribution >= 0.6 is 15.9 Å². The monoisotopic (exact) mass is 236 g/mol. The van der Waals surface area contributed by atoms with Gasteiger partial charge in [-0.15, -0.1) is 0 Å². The van der Waals surface area contributed by atoms with Gasteiger partial charge in [0.1, 0.15) is 4.87 Å². The number of hydrazine groups is 1. The fourth-order valence-corrected chi connectivity index (χ4v) is 1.91. The molecule has 0 aromatic heterocycles. The smallest absolute Gasteiger partial charge is 0.323 e. The number of nitrogens with zero attached hydrogens (tertiary/aromatic N) is 2. The highest BCUT2D eigenvalue weighted by Gasteiger charge is 2.73. The Labute approximate surface area is 80.2 Å². The molecule has 1 aliphatic rings. The van der Waals surface area contributed by atoms with Crippen molar-refractivity contribution in [2.45, 2.75) is 37.7 Å². The molecule has 5 heteroatoms. The summed E-state index contributed by atoms with van der Waals surface area (Å²) in [6, 6.07) is 0. The Morgan fingerprint density at radius 1 is 1.50 bits per heavy atom. The molecule has 1 saturated heterocycles. The van der Waals surface area contributed by atoms with Crippen LogP contribution in [0.5, 0.6) is 0 Å². The first-order valence-corrected chi connectivity index (χ1v) is 4.69. The Balaban J connectivity index is 3.01. The van der Waals surface area contributed by atoms with Crippen molar-refractivity contribution in [2.24, 2.45) is 5.92 Å². The molecule has 4 nitrogen and oxygen atoms in total. The lowest BCUT2D eigenvalue weighted by molar-refractivity contribution is -0.834. The van der Waals surface area contributed by atoms with Crippen molar-refractivity contribution in [1.82, 2.24) is 5.17 Å². The second-order valence-electron chi connectivity index (χ2n) is 3.93. The van der Waals surface area contributed by atoms with Crippen molar-refractivity contribution in [3.63, 3.8) is 0 Å². The average Bonchev–Trinajstić information content (AvgIpc) is 1.99. The van der Waals surface area contributed by atoms with Gasteiger partial charge in [-0.05, 0) is 13.8 Å². The zero-order valence-corrected chi connectivity index (χ0v) is 9.25. The predicted octanol–water partition coefficient (Wildman–Crippen LogP) is 2.02. The minimum Gasteiger partial charge on any atom is -0.703 e. The lowest BCUT2D eigenvalue weighted by atomic mass is 9.83. The minimum atomic E-state index is -0.748. The Kier molecular flexibility index (Phi) is 2.00. The number of hydroxylamine groups is 1. The van der Waals surface area contributed by atoms with Gasteiger partial charge in [-0.25, -0.2) is 0 Å². The van der Waals surface area contributed by atoms with E-state index in [-0.39, 0.29) is 5.92 Å². The molecule has 0 saturated carbocycles. The van der Waals surface area contributed by atoms with E-state index in [0.717, 1.165) is 0 Å². The highest BCUT2D eigenvalue weighted by atomic mass is 79.9. The fraction of sp³-hybridized carbons (Fsp3) is 1.00. The van der Waals surface area contributed by atoms with E-state index in [9.17, 15) is 10.1 Å². The van der Waals surface area contributed by atoms with Crippen molar-refractivity contribution < 1.29 is 4.87 Å². The third kappa shape index (κ3) is 0.808. The molecular weight excluding hydrogens is 224 g/mol. The predicted molar refractivity (Wildman–Crippen MR) is 49.4 cm³/mol. The Morgan fingerprint density at radius 3 is 2.08 bits per heavy atom. The SMILES string of the molecule is CC(C)C1(Br)[N+](=O)N([O-])C1(C)C. The molecule has 0 bridgehead atoms. The quantitative estimate of drug-likeness (QED) is 0.398. The van der Waals surface area contributed by atoms with Crippen molar-refractivity contribution in [2.75, 3.05) is 0 Å². The van der Waals surface area contributed by atoms with Gasteiger partial charge in [0.25, 0.3) is 0 Å². The van der Waals surface area contributed by atoms with Crippen LogP contribution in [-0.4, -0.2) is 20.0 Å². The van der Waals surface area contributed by atoms with Crippen LogP contribution < -0.4 is 0 Å². The van der Waals surface area contributed by atoms with Gasteiger partial charge in [0.05, 0.1) is 4.91 Å². The Hall–Kier alpha value is -0.160.